The Labute approximate surface area is 226 Å². The second-order valence-electron chi connectivity index (χ2n) is 8.89. The van der Waals surface area contributed by atoms with E-state index in [0.717, 1.165) is 16.8 Å². The number of hydrogen-bond donors (Lipinski definition) is 3. The molecule has 3 aromatic rings. The molecule has 1 heterocycles. The minimum atomic E-state index is -0.683. The SMILES string of the molecule is [C-]#[N+]c1ccc([C@H](O)CN2CCN(c3ccc(C(=O)NCCO)cc3Cl)[C@H](c3ccc(Cl)cc3)C2)cc1. The smallest absolute Gasteiger partial charge is 0.251 e. The van der Waals surface area contributed by atoms with Gasteiger partial charge < -0.3 is 20.4 Å². The van der Waals surface area contributed by atoms with E-state index in [1.165, 1.54) is 0 Å². The molecular formula is C28H28Cl2N4O3. The van der Waals surface area contributed by atoms with Gasteiger partial charge in [-0.3, -0.25) is 9.69 Å². The van der Waals surface area contributed by atoms with Gasteiger partial charge >= 0.3 is 0 Å². The van der Waals surface area contributed by atoms with Crippen LogP contribution in [0.25, 0.3) is 4.85 Å². The van der Waals surface area contributed by atoms with E-state index < -0.39 is 6.10 Å². The lowest BCUT2D eigenvalue weighted by molar-refractivity contribution is 0.0944. The van der Waals surface area contributed by atoms with Crippen molar-refractivity contribution in [3.8, 4) is 0 Å². The average molecular weight is 539 g/mol. The fraction of sp³-hybridized carbons (Fsp3) is 0.286. The second-order valence-corrected chi connectivity index (χ2v) is 9.73. The predicted molar refractivity (Wildman–Crippen MR) is 147 cm³/mol. The predicted octanol–water partition coefficient (Wildman–Crippen LogP) is 4.86. The molecule has 0 aromatic heterocycles. The van der Waals surface area contributed by atoms with Crippen LogP contribution in [0.15, 0.2) is 66.7 Å². The van der Waals surface area contributed by atoms with E-state index in [-0.39, 0.29) is 25.1 Å². The minimum absolute atomic E-state index is 0.0609. The van der Waals surface area contributed by atoms with Crippen LogP contribution in [0, 0.1) is 6.57 Å². The highest BCUT2D eigenvalue weighted by Crippen LogP contribution is 2.36. The molecule has 3 N–H and O–H groups in total. The van der Waals surface area contributed by atoms with Gasteiger partial charge in [-0.2, -0.15) is 0 Å². The summed E-state index contributed by atoms with van der Waals surface area (Å²) >= 11 is 12.8. The summed E-state index contributed by atoms with van der Waals surface area (Å²) in [6, 6.07) is 19.9. The monoisotopic (exact) mass is 538 g/mol. The third-order valence-electron chi connectivity index (χ3n) is 6.47. The number of nitrogens with zero attached hydrogens (tertiary/aromatic N) is 3. The van der Waals surface area contributed by atoms with Crippen LogP contribution in [0.5, 0.6) is 0 Å². The van der Waals surface area contributed by atoms with Gasteiger partial charge in [0, 0.05) is 43.3 Å². The third-order valence-corrected chi connectivity index (χ3v) is 7.03. The van der Waals surface area contributed by atoms with E-state index in [9.17, 15) is 9.90 Å². The highest BCUT2D eigenvalue weighted by Gasteiger charge is 2.31. The number of rotatable bonds is 8. The van der Waals surface area contributed by atoms with Crippen molar-refractivity contribution in [1.29, 1.82) is 0 Å². The fourth-order valence-corrected chi connectivity index (χ4v) is 4.95. The van der Waals surface area contributed by atoms with Crippen molar-refractivity contribution in [3.63, 3.8) is 0 Å². The standard InChI is InChI=1S/C28H28Cl2N4O3/c1-31-23-9-4-20(5-10-23)27(36)18-33-13-14-34(26(17-33)19-2-7-22(29)8-3-19)25-11-6-21(16-24(25)30)28(37)32-12-15-35/h2-11,16,26-27,35-36H,12-15,17-18H2,(H,32,37)/t26-,27+/m0/s1. The maximum absolute atomic E-state index is 12.3. The third kappa shape index (κ3) is 6.61. The van der Waals surface area contributed by atoms with Gasteiger partial charge in [0.15, 0.2) is 5.69 Å². The molecule has 0 saturated carbocycles. The Morgan fingerprint density at radius 1 is 1.08 bits per heavy atom. The molecule has 9 heteroatoms. The van der Waals surface area contributed by atoms with Crippen molar-refractivity contribution in [2.75, 3.05) is 44.2 Å². The molecule has 0 aliphatic carbocycles. The zero-order valence-corrected chi connectivity index (χ0v) is 21.7. The van der Waals surface area contributed by atoms with Crippen molar-refractivity contribution in [1.82, 2.24) is 10.2 Å². The summed E-state index contributed by atoms with van der Waals surface area (Å²) in [6.45, 7) is 9.62. The Kier molecular flexibility index (Phi) is 9.04. The molecule has 0 bridgehead atoms. The van der Waals surface area contributed by atoms with Crippen molar-refractivity contribution in [2.45, 2.75) is 12.1 Å². The average Bonchev–Trinajstić information content (AvgIpc) is 2.92. The molecule has 1 fully saturated rings. The minimum Gasteiger partial charge on any atom is -0.395 e. The van der Waals surface area contributed by atoms with Crippen LogP contribution < -0.4 is 10.2 Å². The summed E-state index contributed by atoms with van der Waals surface area (Å²) in [5.74, 6) is -0.292. The Balaban J connectivity index is 1.55. The van der Waals surface area contributed by atoms with Gasteiger partial charge in [-0.15, -0.1) is 0 Å². The van der Waals surface area contributed by atoms with Gasteiger partial charge in [0.1, 0.15) is 0 Å². The van der Waals surface area contributed by atoms with Gasteiger partial charge in [0.05, 0.1) is 36.0 Å². The topological polar surface area (TPSA) is 80.4 Å². The number of carbonyl (C=O) groups is 1. The Morgan fingerprint density at radius 3 is 2.46 bits per heavy atom. The summed E-state index contributed by atoms with van der Waals surface area (Å²) in [5.41, 5.74) is 3.62. The molecule has 37 heavy (non-hydrogen) atoms. The second kappa shape index (κ2) is 12.4. The lowest BCUT2D eigenvalue weighted by atomic mass is 10.00. The number of carbonyl (C=O) groups excluding carboxylic acids is 1. The maximum Gasteiger partial charge on any atom is 0.251 e. The number of halogens is 2. The number of β-amino-alcohol motifs (C(OH)–C–C–N with tert-alkyl or cyclic N) is 1. The summed E-state index contributed by atoms with van der Waals surface area (Å²) in [6.07, 6.45) is -0.683. The quantitative estimate of drug-likeness (QED) is 0.357. The van der Waals surface area contributed by atoms with Gasteiger partial charge in [-0.05, 0) is 41.5 Å². The molecule has 0 radical (unpaired) electrons. The molecule has 1 amide bonds. The van der Waals surface area contributed by atoms with Crippen LogP contribution in [-0.2, 0) is 0 Å². The first-order chi connectivity index (χ1) is 17.9. The van der Waals surface area contributed by atoms with E-state index in [1.54, 1.807) is 36.4 Å². The Bertz CT molecular complexity index is 1260. The molecule has 7 nitrogen and oxygen atoms in total. The number of aliphatic hydroxyl groups excluding tert-OH is 2. The summed E-state index contributed by atoms with van der Waals surface area (Å²) in [7, 11) is 0. The van der Waals surface area contributed by atoms with E-state index in [4.69, 9.17) is 34.9 Å². The largest absolute Gasteiger partial charge is 0.395 e. The summed E-state index contributed by atoms with van der Waals surface area (Å²) in [5, 5.41) is 23.6. The van der Waals surface area contributed by atoms with Crippen LogP contribution in [0.4, 0.5) is 11.4 Å². The van der Waals surface area contributed by atoms with E-state index in [0.29, 0.717) is 47.5 Å². The number of nitrogens with one attached hydrogen (secondary N) is 1. The number of hydrogen-bond acceptors (Lipinski definition) is 5. The van der Waals surface area contributed by atoms with Crippen LogP contribution in [0.2, 0.25) is 10.0 Å². The van der Waals surface area contributed by atoms with Crippen LogP contribution in [0.3, 0.4) is 0 Å². The molecule has 3 aromatic carbocycles. The lowest BCUT2D eigenvalue weighted by Gasteiger charge is -2.44. The molecule has 0 spiro atoms. The van der Waals surface area contributed by atoms with E-state index in [2.05, 4.69) is 20.0 Å². The number of piperazine rings is 1. The normalized spacial score (nSPS) is 16.7. The number of anilines is 1. The first-order valence-electron chi connectivity index (χ1n) is 12.0. The van der Waals surface area contributed by atoms with Gasteiger partial charge in [-0.1, -0.05) is 59.6 Å². The zero-order chi connectivity index (χ0) is 26.4. The van der Waals surface area contributed by atoms with Crippen molar-refractivity contribution in [3.05, 3.63) is 105 Å². The Morgan fingerprint density at radius 2 is 1.81 bits per heavy atom. The van der Waals surface area contributed by atoms with Crippen molar-refractivity contribution >= 4 is 40.5 Å². The first-order valence-corrected chi connectivity index (χ1v) is 12.7. The van der Waals surface area contributed by atoms with Crippen LogP contribution in [-0.4, -0.2) is 60.4 Å². The molecule has 1 aliphatic rings. The van der Waals surface area contributed by atoms with Crippen molar-refractivity contribution in [2.24, 2.45) is 0 Å². The number of benzene rings is 3. The van der Waals surface area contributed by atoms with Crippen molar-refractivity contribution < 1.29 is 15.0 Å². The molecule has 1 saturated heterocycles. The number of aliphatic hydroxyl groups is 2. The van der Waals surface area contributed by atoms with Crippen LogP contribution >= 0.6 is 23.2 Å². The van der Waals surface area contributed by atoms with E-state index in [1.807, 2.05) is 30.3 Å². The molecule has 4 rings (SSSR count). The highest BCUT2D eigenvalue weighted by molar-refractivity contribution is 6.33. The zero-order valence-electron chi connectivity index (χ0n) is 20.1. The fourth-order valence-electron chi connectivity index (χ4n) is 4.54. The summed E-state index contributed by atoms with van der Waals surface area (Å²) < 4.78 is 0. The molecule has 2 atom stereocenters. The molecule has 192 valence electrons. The lowest BCUT2D eigenvalue weighted by Crippen LogP contribution is -2.49. The van der Waals surface area contributed by atoms with Gasteiger partial charge in [0.25, 0.3) is 5.91 Å². The summed E-state index contributed by atoms with van der Waals surface area (Å²) in [4.78, 5) is 20.1. The highest BCUT2D eigenvalue weighted by atomic mass is 35.5. The van der Waals surface area contributed by atoms with Gasteiger partial charge in [0.2, 0.25) is 0 Å². The van der Waals surface area contributed by atoms with E-state index >= 15 is 0 Å². The number of amides is 1. The van der Waals surface area contributed by atoms with Crippen LogP contribution in [0.1, 0.15) is 33.6 Å². The molecule has 0 unspecified atom stereocenters. The van der Waals surface area contributed by atoms with Gasteiger partial charge in [-0.25, -0.2) is 4.85 Å². The molecular weight excluding hydrogens is 511 g/mol. The molecule has 1 aliphatic heterocycles. The maximum atomic E-state index is 12.3. The Hall–Kier alpha value is -3.12. The first kappa shape index (κ1) is 26.9.